The molecule has 0 atom stereocenters. The Morgan fingerprint density at radius 3 is 2.73 bits per heavy atom. The normalized spacial score (nSPS) is 19.3. The Hall–Kier alpha value is -1.73. The minimum absolute atomic E-state index is 0.0636. The molecule has 1 N–H and O–H groups in total. The van der Waals surface area contributed by atoms with E-state index in [1.165, 1.54) is 0 Å². The number of carbonyl (C=O) groups excluding carboxylic acids is 2. The van der Waals surface area contributed by atoms with Crippen LogP contribution in [-0.4, -0.2) is 65.7 Å². The van der Waals surface area contributed by atoms with E-state index in [1.807, 2.05) is 41.8 Å². The molecule has 1 aromatic rings. The Morgan fingerprint density at radius 1 is 1.31 bits per heavy atom. The molecule has 3 rings (SSSR count). The lowest BCUT2D eigenvalue weighted by Crippen LogP contribution is -2.54. The number of hydrogen-bond donors (Lipinski definition) is 1. The molecule has 0 aromatic heterocycles. The molecule has 0 saturated carbocycles. The molecule has 7 heteroatoms. The third-order valence-electron chi connectivity index (χ3n) is 5.45. The molecule has 26 heavy (non-hydrogen) atoms. The maximum Gasteiger partial charge on any atom is 0.321 e. The van der Waals surface area contributed by atoms with E-state index in [0.29, 0.717) is 32.0 Å². The minimum atomic E-state index is -0.175. The summed E-state index contributed by atoms with van der Waals surface area (Å²) in [4.78, 5) is 28.5. The molecular formula is C19H27N3O3S. The number of nitrogens with one attached hydrogen (secondary N) is 1. The maximum atomic E-state index is 12.7. The summed E-state index contributed by atoms with van der Waals surface area (Å²) in [5.74, 6) is 0.707. The van der Waals surface area contributed by atoms with Gasteiger partial charge in [0, 0.05) is 32.4 Å². The molecule has 2 aliphatic rings. The molecular weight excluding hydrogens is 350 g/mol. The summed E-state index contributed by atoms with van der Waals surface area (Å²) in [7, 11) is 1.65. The first-order chi connectivity index (χ1) is 12.5. The molecule has 6 nitrogen and oxygen atoms in total. The van der Waals surface area contributed by atoms with Crippen molar-refractivity contribution in [1.29, 1.82) is 0 Å². The summed E-state index contributed by atoms with van der Waals surface area (Å²) in [5.41, 5.74) is 3.12. The van der Waals surface area contributed by atoms with Gasteiger partial charge in [-0.25, -0.2) is 4.79 Å². The van der Waals surface area contributed by atoms with Gasteiger partial charge in [-0.05, 0) is 43.9 Å². The van der Waals surface area contributed by atoms with Crippen LogP contribution in [0.5, 0.6) is 0 Å². The van der Waals surface area contributed by atoms with Crippen molar-refractivity contribution in [2.24, 2.45) is 0 Å². The second-order valence-electron chi connectivity index (χ2n) is 6.94. The molecule has 0 unspecified atom stereocenters. The molecule has 2 aliphatic heterocycles. The van der Waals surface area contributed by atoms with Crippen molar-refractivity contribution in [3.63, 3.8) is 0 Å². The van der Waals surface area contributed by atoms with E-state index >= 15 is 0 Å². The summed E-state index contributed by atoms with van der Waals surface area (Å²) in [6.45, 7) is 6.53. The van der Waals surface area contributed by atoms with Gasteiger partial charge in [-0.1, -0.05) is 12.1 Å². The average molecular weight is 378 g/mol. The van der Waals surface area contributed by atoms with Crippen LogP contribution in [0.4, 0.5) is 10.5 Å². The van der Waals surface area contributed by atoms with Crippen molar-refractivity contribution in [3.8, 4) is 0 Å². The summed E-state index contributed by atoms with van der Waals surface area (Å²) in [5, 5.41) is 3.03. The summed E-state index contributed by atoms with van der Waals surface area (Å²) < 4.78 is 5.15. The predicted molar refractivity (Wildman–Crippen MR) is 105 cm³/mol. The molecule has 0 aliphatic carbocycles. The molecule has 0 radical (unpaired) electrons. The SMILES string of the molecule is COCCN1C(=O)CSC12CCN(C(=O)Nc1cccc(C)c1C)CC2. The molecule has 1 aromatic carbocycles. The van der Waals surface area contributed by atoms with E-state index in [1.54, 1.807) is 18.9 Å². The zero-order chi connectivity index (χ0) is 18.7. The number of amides is 3. The van der Waals surface area contributed by atoms with Crippen LogP contribution >= 0.6 is 11.8 Å². The monoisotopic (exact) mass is 377 g/mol. The van der Waals surface area contributed by atoms with Crippen molar-refractivity contribution < 1.29 is 14.3 Å². The highest BCUT2D eigenvalue weighted by Crippen LogP contribution is 2.44. The maximum absolute atomic E-state index is 12.7. The lowest BCUT2D eigenvalue weighted by molar-refractivity contribution is -0.131. The highest BCUT2D eigenvalue weighted by atomic mass is 32.2. The van der Waals surface area contributed by atoms with Crippen LogP contribution in [0.2, 0.25) is 0 Å². The van der Waals surface area contributed by atoms with Gasteiger partial charge in [0.25, 0.3) is 0 Å². The number of piperidine rings is 1. The van der Waals surface area contributed by atoms with E-state index in [-0.39, 0.29) is 16.8 Å². The van der Waals surface area contributed by atoms with E-state index < -0.39 is 0 Å². The second-order valence-corrected chi connectivity index (χ2v) is 8.27. The van der Waals surface area contributed by atoms with Crippen molar-refractivity contribution in [2.75, 3.05) is 44.4 Å². The number of likely N-dealkylation sites (tertiary alicyclic amines) is 1. The number of thioether (sulfide) groups is 1. The van der Waals surface area contributed by atoms with E-state index in [0.717, 1.165) is 29.7 Å². The van der Waals surface area contributed by atoms with Crippen LogP contribution in [0.3, 0.4) is 0 Å². The Morgan fingerprint density at radius 2 is 2.04 bits per heavy atom. The number of nitrogens with zero attached hydrogens (tertiary/aromatic N) is 2. The Balaban J connectivity index is 1.61. The second kappa shape index (κ2) is 7.88. The zero-order valence-corrected chi connectivity index (χ0v) is 16.5. The first-order valence-electron chi connectivity index (χ1n) is 9.02. The van der Waals surface area contributed by atoms with Crippen molar-refractivity contribution in [3.05, 3.63) is 29.3 Å². The predicted octanol–water partition coefficient (Wildman–Crippen LogP) is 2.85. The lowest BCUT2D eigenvalue weighted by Gasteiger charge is -2.43. The zero-order valence-electron chi connectivity index (χ0n) is 15.7. The number of hydrogen-bond acceptors (Lipinski definition) is 4. The van der Waals surface area contributed by atoms with Crippen LogP contribution in [0.25, 0.3) is 0 Å². The van der Waals surface area contributed by atoms with Gasteiger partial charge in [0.15, 0.2) is 0 Å². The fourth-order valence-corrected chi connectivity index (χ4v) is 5.01. The fraction of sp³-hybridized carbons (Fsp3) is 0.579. The van der Waals surface area contributed by atoms with Gasteiger partial charge in [-0.3, -0.25) is 4.79 Å². The fourth-order valence-electron chi connectivity index (χ4n) is 3.64. The first kappa shape index (κ1) is 19.0. The molecule has 142 valence electrons. The van der Waals surface area contributed by atoms with Gasteiger partial charge in [-0.15, -0.1) is 11.8 Å². The van der Waals surface area contributed by atoms with Crippen LogP contribution in [0.15, 0.2) is 18.2 Å². The Bertz CT molecular complexity index is 687. The number of benzene rings is 1. The molecule has 2 fully saturated rings. The van der Waals surface area contributed by atoms with Crippen LogP contribution in [0.1, 0.15) is 24.0 Å². The number of rotatable bonds is 4. The lowest BCUT2D eigenvalue weighted by atomic mass is 10.0. The van der Waals surface area contributed by atoms with Crippen LogP contribution in [-0.2, 0) is 9.53 Å². The third kappa shape index (κ3) is 3.69. The molecule has 2 saturated heterocycles. The summed E-state index contributed by atoms with van der Waals surface area (Å²) in [6.07, 6.45) is 1.60. The number of methoxy groups -OCH3 is 1. The summed E-state index contributed by atoms with van der Waals surface area (Å²) in [6, 6.07) is 5.87. The molecule has 3 amide bonds. The molecule has 2 heterocycles. The van der Waals surface area contributed by atoms with E-state index in [4.69, 9.17) is 4.74 Å². The van der Waals surface area contributed by atoms with E-state index in [2.05, 4.69) is 5.32 Å². The topological polar surface area (TPSA) is 61.9 Å². The smallest absolute Gasteiger partial charge is 0.321 e. The highest BCUT2D eigenvalue weighted by Gasteiger charge is 2.48. The summed E-state index contributed by atoms with van der Waals surface area (Å²) >= 11 is 1.72. The quantitative estimate of drug-likeness (QED) is 0.876. The van der Waals surface area contributed by atoms with Gasteiger partial charge in [-0.2, -0.15) is 0 Å². The van der Waals surface area contributed by atoms with Gasteiger partial charge in [0.05, 0.1) is 17.2 Å². The first-order valence-corrected chi connectivity index (χ1v) is 10.0. The van der Waals surface area contributed by atoms with Crippen LogP contribution < -0.4 is 5.32 Å². The van der Waals surface area contributed by atoms with Gasteiger partial charge in [0.2, 0.25) is 5.91 Å². The van der Waals surface area contributed by atoms with Gasteiger partial charge in [0.1, 0.15) is 0 Å². The van der Waals surface area contributed by atoms with Gasteiger partial charge >= 0.3 is 6.03 Å². The van der Waals surface area contributed by atoms with E-state index in [9.17, 15) is 9.59 Å². The Kier molecular flexibility index (Phi) is 5.77. The Labute approximate surface area is 159 Å². The van der Waals surface area contributed by atoms with Crippen LogP contribution in [0, 0.1) is 13.8 Å². The highest BCUT2D eigenvalue weighted by molar-refractivity contribution is 8.01. The number of anilines is 1. The third-order valence-corrected chi connectivity index (χ3v) is 7.01. The van der Waals surface area contributed by atoms with Crippen molar-refractivity contribution in [2.45, 2.75) is 31.6 Å². The average Bonchev–Trinajstić information content (AvgIpc) is 2.93. The largest absolute Gasteiger partial charge is 0.383 e. The van der Waals surface area contributed by atoms with Crippen molar-refractivity contribution in [1.82, 2.24) is 9.80 Å². The number of carbonyl (C=O) groups is 2. The van der Waals surface area contributed by atoms with Crippen molar-refractivity contribution >= 4 is 29.4 Å². The number of aryl methyl sites for hydroxylation is 1. The minimum Gasteiger partial charge on any atom is -0.383 e. The number of ether oxygens (including phenoxy) is 1. The molecule has 1 spiro atoms. The standard InChI is InChI=1S/C19H27N3O3S/c1-14-5-4-6-16(15(14)2)20-18(24)21-9-7-19(8-10-21)22(11-12-25-3)17(23)13-26-19/h4-6H,7-13H2,1-3H3,(H,20,24). The number of urea groups is 1. The molecule has 0 bridgehead atoms. The van der Waals surface area contributed by atoms with Gasteiger partial charge < -0.3 is 19.9 Å².